The number of hydrogen-bond donors (Lipinski definition) is 1. The van der Waals surface area contributed by atoms with Gasteiger partial charge in [-0.15, -0.1) is 0 Å². The molecule has 0 fully saturated rings. The van der Waals surface area contributed by atoms with Crippen LogP contribution in [0.5, 0.6) is 11.5 Å². The molecule has 0 saturated heterocycles. The van der Waals surface area contributed by atoms with Crippen molar-refractivity contribution in [2.45, 2.75) is 33.4 Å². The van der Waals surface area contributed by atoms with Crippen LogP contribution in [0.2, 0.25) is 5.02 Å². The topological polar surface area (TPSA) is 34.1 Å². The first-order valence-electron chi connectivity index (χ1n) is 6.67. The van der Waals surface area contributed by atoms with Crippen molar-refractivity contribution < 1.29 is 4.74 Å². The normalized spacial score (nSPS) is 10.8. The highest BCUT2D eigenvalue weighted by atomic mass is 35.5. The second-order valence-electron chi connectivity index (χ2n) is 4.99. The summed E-state index contributed by atoms with van der Waals surface area (Å²) in [5.41, 5.74) is 1.98. The highest BCUT2D eigenvalue weighted by Gasteiger charge is 2.07. The van der Waals surface area contributed by atoms with Gasteiger partial charge in [0.25, 0.3) is 0 Å². The Labute approximate surface area is 124 Å². The molecule has 0 aliphatic rings. The Morgan fingerprint density at radius 3 is 2.70 bits per heavy atom. The maximum Gasteiger partial charge on any atom is 0.148 e. The number of halogens is 1. The van der Waals surface area contributed by atoms with Gasteiger partial charge in [0.1, 0.15) is 11.5 Å². The summed E-state index contributed by atoms with van der Waals surface area (Å²) in [5, 5.41) is 3.97. The maximum absolute atomic E-state index is 6.27. The van der Waals surface area contributed by atoms with Crippen LogP contribution >= 0.6 is 11.6 Å². The third-order valence-electron chi connectivity index (χ3n) is 2.89. The fraction of sp³-hybridized carbons (Fsp3) is 0.312. The lowest BCUT2D eigenvalue weighted by Gasteiger charge is -2.12. The summed E-state index contributed by atoms with van der Waals surface area (Å²) in [7, 11) is 0. The van der Waals surface area contributed by atoms with Crippen molar-refractivity contribution >= 4 is 11.6 Å². The van der Waals surface area contributed by atoms with Gasteiger partial charge in [0.05, 0.1) is 10.7 Å². The van der Waals surface area contributed by atoms with Crippen LogP contribution in [0.25, 0.3) is 0 Å². The van der Waals surface area contributed by atoms with Crippen LogP contribution in [0.1, 0.15) is 25.1 Å². The summed E-state index contributed by atoms with van der Waals surface area (Å²) < 4.78 is 5.81. The summed E-state index contributed by atoms with van der Waals surface area (Å²) in [6.07, 6.45) is 1.74. The highest BCUT2D eigenvalue weighted by molar-refractivity contribution is 6.32. The SMILES string of the molecule is Cc1ncccc1Oc1ccc(CNC(C)C)cc1Cl. The van der Waals surface area contributed by atoms with Crippen LogP contribution in [-0.4, -0.2) is 11.0 Å². The Hall–Kier alpha value is -1.58. The Kier molecular flexibility index (Phi) is 4.99. The molecule has 0 amide bonds. The van der Waals surface area contributed by atoms with Gasteiger partial charge in [-0.25, -0.2) is 0 Å². The molecule has 20 heavy (non-hydrogen) atoms. The number of hydrogen-bond acceptors (Lipinski definition) is 3. The zero-order valence-corrected chi connectivity index (χ0v) is 12.7. The Morgan fingerprint density at radius 1 is 1.25 bits per heavy atom. The zero-order chi connectivity index (χ0) is 14.5. The first-order valence-corrected chi connectivity index (χ1v) is 7.05. The minimum Gasteiger partial charge on any atom is -0.454 e. The van der Waals surface area contributed by atoms with Crippen LogP contribution in [0, 0.1) is 6.92 Å². The van der Waals surface area contributed by atoms with Crippen LogP contribution in [-0.2, 0) is 6.54 Å². The first-order chi connectivity index (χ1) is 9.56. The average molecular weight is 291 g/mol. The molecule has 1 heterocycles. The van der Waals surface area contributed by atoms with Gasteiger partial charge in [-0.1, -0.05) is 31.5 Å². The number of nitrogens with zero attached hydrogens (tertiary/aromatic N) is 1. The maximum atomic E-state index is 6.27. The molecule has 4 heteroatoms. The number of ether oxygens (including phenoxy) is 1. The molecule has 0 aliphatic heterocycles. The van der Waals surface area contributed by atoms with Crippen molar-refractivity contribution in [1.29, 1.82) is 0 Å². The second kappa shape index (κ2) is 6.73. The molecular weight excluding hydrogens is 272 g/mol. The van der Waals surface area contributed by atoms with Crippen LogP contribution in [0.3, 0.4) is 0 Å². The Bertz CT molecular complexity index is 584. The molecule has 0 bridgehead atoms. The van der Waals surface area contributed by atoms with E-state index in [1.807, 2.05) is 37.3 Å². The fourth-order valence-electron chi connectivity index (χ4n) is 1.75. The highest BCUT2D eigenvalue weighted by Crippen LogP contribution is 2.31. The van der Waals surface area contributed by atoms with E-state index in [0.29, 0.717) is 16.8 Å². The smallest absolute Gasteiger partial charge is 0.148 e. The molecule has 0 spiro atoms. The number of aryl methyl sites for hydroxylation is 1. The van der Waals surface area contributed by atoms with E-state index in [9.17, 15) is 0 Å². The number of nitrogens with one attached hydrogen (secondary N) is 1. The summed E-state index contributed by atoms with van der Waals surface area (Å²) >= 11 is 6.27. The average Bonchev–Trinajstić information content (AvgIpc) is 2.41. The van der Waals surface area contributed by atoms with E-state index in [1.54, 1.807) is 6.20 Å². The van der Waals surface area contributed by atoms with Gasteiger partial charge in [-0.3, -0.25) is 4.98 Å². The van der Waals surface area contributed by atoms with Gasteiger partial charge >= 0.3 is 0 Å². The van der Waals surface area contributed by atoms with Gasteiger partial charge in [0.15, 0.2) is 0 Å². The van der Waals surface area contributed by atoms with Crippen molar-refractivity contribution in [2.24, 2.45) is 0 Å². The molecule has 1 aromatic heterocycles. The van der Waals surface area contributed by atoms with Crippen molar-refractivity contribution in [3.63, 3.8) is 0 Å². The molecule has 106 valence electrons. The molecule has 0 aliphatic carbocycles. The van der Waals surface area contributed by atoms with Crippen molar-refractivity contribution in [3.8, 4) is 11.5 Å². The van der Waals surface area contributed by atoms with E-state index in [-0.39, 0.29) is 0 Å². The Balaban J connectivity index is 2.12. The number of rotatable bonds is 5. The quantitative estimate of drug-likeness (QED) is 0.890. The van der Waals surface area contributed by atoms with E-state index < -0.39 is 0 Å². The molecule has 0 radical (unpaired) electrons. The number of aromatic nitrogens is 1. The lowest BCUT2D eigenvalue weighted by atomic mass is 10.2. The van der Waals surface area contributed by atoms with Crippen molar-refractivity contribution in [3.05, 3.63) is 52.8 Å². The first kappa shape index (κ1) is 14.8. The molecule has 0 unspecified atom stereocenters. The molecule has 3 nitrogen and oxygen atoms in total. The lowest BCUT2D eigenvalue weighted by Crippen LogP contribution is -2.21. The summed E-state index contributed by atoms with van der Waals surface area (Å²) in [6, 6.07) is 10.0. The van der Waals surface area contributed by atoms with Crippen molar-refractivity contribution in [2.75, 3.05) is 0 Å². The Morgan fingerprint density at radius 2 is 2.05 bits per heavy atom. The fourth-order valence-corrected chi connectivity index (χ4v) is 2.00. The molecule has 0 saturated carbocycles. The third-order valence-corrected chi connectivity index (χ3v) is 3.18. The predicted molar refractivity (Wildman–Crippen MR) is 82.5 cm³/mol. The zero-order valence-electron chi connectivity index (χ0n) is 12.0. The summed E-state index contributed by atoms with van der Waals surface area (Å²) in [5.74, 6) is 1.37. The predicted octanol–water partition coefficient (Wildman–Crippen LogP) is 4.33. The molecule has 1 N–H and O–H groups in total. The second-order valence-corrected chi connectivity index (χ2v) is 5.40. The van der Waals surface area contributed by atoms with Crippen LogP contribution in [0.15, 0.2) is 36.5 Å². The standard InChI is InChI=1S/C16H19ClN2O/c1-11(2)19-10-13-6-7-16(14(17)9-13)20-15-5-4-8-18-12(15)3/h4-9,11,19H,10H2,1-3H3. The van der Waals surface area contributed by atoms with Crippen molar-refractivity contribution in [1.82, 2.24) is 10.3 Å². The van der Waals surface area contributed by atoms with E-state index in [4.69, 9.17) is 16.3 Å². The van der Waals surface area contributed by atoms with Gasteiger partial charge in [-0.2, -0.15) is 0 Å². The van der Waals surface area contributed by atoms with E-state index in [1.165, 1.54) is 0 Å². The minimum absolute atomic E-state index is 0.447. The van der Waals surface area contributed by atoms with Gasteiger partial charge in [0, 0.05) is 18.8 Å². The van der Waals surface area contributed by atoms with E-state index >= 15 is 0 Å². The molecular formula is C16H19ClN2O. The summed E-state index contributed by atoms with van der Waals surface area (Å²) in [6.45, 7) is 6.93. The third kappa shape index (κ3) is 3.95. The van der Waals surface area contributed by atoms with E-state index in [2.05, 4.69) is 24.1 Å². The van der Waals surface area contributed by atoms with Gasteiger partial charge in [0.2, 0.25) is 0 Å². The van der Waals surface area contributed by atoms with Gasteiger partial charge in [-0.05, 0) is 36.8 Å². The molecule has 1 aromatic carbocycles. The number of benzene rings is 1. The largest absolute Gasteiger partial charge is 0.454 e. The summed E-state index contributed by atoms with van der Waals surface area (Å²) in [4.78, 5) is 4.19. The lowest BCUT2D eigenvalue weighted by molar-refractivity contribution is 0.475. The van der Waals surface area contributed by atoms with E-state index in [0.717, 1.165) is 23.6 Å². The monoisotopic (exact) mass is 290 g/mol. The van der Waals surface area contributed by atoms with Gasteiger partial charge < -0.3 is 10.1 Å². The van der Waals surface area contributed by atoms with Crippen LogP contribution < -0.4 is 10.1 Å². The van der Waals surface area contributed by atoms with Crippen LogP contribution in [0.4, 0.5) is 0 Å². The minimum atomic E-state index is 0.447. The molecule has 2 aromatic rings. The number of pyridine rings is 1. The molecule has 0 atom stereocenters. The molecule has 2 rings (SSSR count).